The number of hydrogen-bond donors (Lipinski definition) is 4. The molecule has 0 saturated carbocycles. The topological polar surface area (TPSA) is 96.2 Å². The van der Waals surface area contributed by atoms with Crippen LogP contribution in [0.1, 0.15) is 26.3 Å². The van der Waals surface area contributed by atoms with Crippen LogP contribution in [0.2, 0.25) is 0 Å². The molecule has 20 heavy (non-hydrogen) atoms. The first-order valence-electron chi connectivity index (χ1n) is 6.52. The average molecular weight is 276 g/mol. The van der Waals surface area contributed by atoms with Crippen molar-refractivity contribution in [2.24, 2.45) is 0 Å². The predicted molar refractivity (Wildman–Crippen MR) is 79.6 cm³/mol. The molecular weight excluding hydrogens is 256 g/mol. The zero-order chi connectivity index (χ0) is 14.9. The van der Waals surface area contributed by atoms with Crippen molar-refractivity contribution in [2.45, 2.75) is 32.7 Å². The van der Waals surface area contributed by atoms with E-state index >= 15 is 0 Å². The largest absolute Gasteiger partial charge is 0.397 e. The Kier molecular flexibility index (Phi) is 3.57. The smallest absolute Gasteiger partial charge is 0.239 e. The minimum absolute atomic E-state index is 0.0398. The van der Waals surface area contributed by atoms with Crippen molar-refractivity contribution in [2.75, 3.05) is 22.9 Å². The van der Waals surface area contributed by atoms with E-state index in [1.807, 2.05) is 20.8 Å². The molecule has 108 valence electrons. The third kappa shape index (κ3) is 3.40. The molecule has 0 fully saturated rings. The van der Waals surface area contributed by atoms with Crippen molar-refractivity contribution in [3.05, 3.63) is 17.7 Å². The maximum absolute atomic E-state index is 11.7. The average Bonchev–Trinajstić information content (AvgIpc) is 2.62. The molecule has 5 N–H and O–H groups in total. The van der Waals surface area contributed by atoms with E-state index in [1.54, 1.807) is 12.1 Å². The molecule has 2 rings (SSSR count). The van der Waals surface area contributed by atoms with E-state index < -0.39 is 0 Å². The molecule has 6 heteroatoms. The van der Waals surface area contributed by atoms with Crippen LogP contribution in [0.3, 0.4) is 0 Å². The Morgan fingerprint density at radius 3 is 2.75 bits per heavy atom. The molecule has 1 heterocycles. The molecular formula is C14H20N4O2. The number of anilines is 3. The number of nitrogens with one attached hydrogen (secondary N) is 3. The van der Waals surface area contributed by atoms with E-state index in [0.29, 0.717) is 17.8 Å². The Hall–Kier alpha value is -2.24. The highest BCUT2D eigenvalue weighted by Crippen LogP contribution is 2.31. The molecule has 0 spiro atoms. The van der Waals surface area contributed by atoms with Crippen LogP contribution in [0.4, 0.5) is 17.1 Å². The second-order valence-electron chi connectivity index (χ2n) is 5.97. The normalized spacial score (nSPS) is 13.7. The first-order chi connectivity index (χ1) is 9.24. The molecule has 0 atom stereocenters. The lowest BCUT2D eigenvalue weighted by Crippen LogP contribution is -2.43. The Bertz CT molecular complexity index is 561. The van der Waals surface area contributed by atoms with Crippen molar-refractivity contribution in [3.8, 4) is 0 Å². The van der Waals surface area contributed by atoms with Crippen molar-refractivity contribution >= 4 is 28.9 Å². The van der Waals surface area contributed by atoms with Gasteiger partial charge in [-0.1, -0.05) is 0 Å². The fourth-order valence-corrected chi connectivity index (χ4v) is 2.08. The van der Waals surface area contributed by atoms with Crippen LogP contribution in [0.15, 0.2) is 12.1 Å². The van der Waals surface area contributed by atoms with Gasteiger partial charge >= 0.3 is 0 Å². The van der Waals surface area contributed by atoms with Gasteiger partial charge in [0.2, 0.25) is 11.8 Å². The van der Waals surface area contributed by atoms with Gasteiger partial charge in [-0.15, -0.1) is 0 Å². The number of nitrogen functional groups attached to an aromatic ring is 1. The monoisotopic (exact) mass is 276 g/mol. The van der Waals surface area contributed by atoms with Gasteiger partial charge in [0.25, 0.3) is 0 Å². The number of carbonyl (C=O) groups is 2. The Labute approximate surface area is 118 Å². The van der Waals surface area contributed by atoms with Crippen LogP contribution < -0.4 is 21.7 Å². The van der Waals surface area contributed by atoms with E-state index in [4.69, 9.17) is 5.73 Å². The van der Waals surface area contributed by atoms with Gasteiger partial charge in [0, 0.05) is 11.2 Å². The van der Waals surface area contributed by atoms with Crippen molar-refractivity contribution in [1.82, 2.24) is 5.32 Å². The first-order valence-corrected chi connectivity index (χ1v) is 6.52. The number of carbonyl (C=O) groups excluding carboxylic acids is 2. The number of nitrogens with two attached hydrogens (primary N) is 1. The number of amides is 2. The second-order valence-corrected chi connectivity index (χ2v) is 5.97. The van der Waals surface area contributed by atoms with Gasteiger partial charge in [-0.3, -0.25) is 9.59 Å². The molecule has 1 aliphatic rings. The van der Waals surface area contributed by atoms with Crippen molar-refractivity contribution in [3.63, 3.8) is 0 Å². The highest BCUT2D eigenvalue weighted by Gasteiger charge is 2.19. The van der Waals surface area contributed by atoms with E-state index in [2.05, 4.69) is 16.0 Å². The summed E-state index contributed by atoms with van der Waals surface area (Å²) in [6.07, 6.45) is 0.352. The molecule has 0 aliphatic carbocycles. The first kappa shape index (κ1) is 14.2. The zero-order valence-corrected chi connectivity index (χ0v) is 12.0. The summed E-state index contributed by atoms with van der Waals surface area (Å²) < 4.78 is 0. The van der Waals surface area contributed by atoms with E-state index in [1.165, 1.54) is 0 Å². The fourth-order valence-electron chi connectivity index (χ4n) is 2.08. The Morgan fingerprint density at radius 2 is 2.10 bits per heavy atom. The molecule has 1 aromatic carbocycles. The lowest BCUT2D eigenvalue weighted by Gasteiger charge is -2.21. The van der Waals surface area contributed by atoms with Gasteiger partial charge < -0.3 is 21.7 Å². The lowest BCUT2D eigenvalue weighted by atomic mass is 10.1. The minimum atomic E-state index is -0.268. The van der Waals surface area contributed by atoms with Gasteiger partial charge in [0.15, 0.2) is 0 Å². The standard InChI is InChI=1S/C14H20N4O2/c1-14(2,3)18-13(20)7-16-11-6-10-8(4-9(11)15)5-12(19)17-10/h4,6,16H,5,7,15H2,1-3H3,(H,17,19)(H,18,20). The Morgan fingerprint density at radius 1 is 1.40 bits per heavy atom. The van der Waals surface area contributed by atoms with E-state index in [9.17, 15) is 9.59 Å². The zero-order valence-electron chi connectivity index (χ0n) is 12.0. The summed E-state index contributed by atoms with van der Waals surface area (Å²) in [6, 6.07) is 3.52. The van der Waals surface area contributed by atoms with Crippen LogP contribution in [-0.4, -0.2) is 23.9 Å². The summed E-state index contributed by atoms with van der Waals surface area (Å²) in [5.74, 6) is -0.150. The summed E-state index contributed by atoms with van der Waals surface area (Å²) in [4.78, 5) is 23.1. The van der Waals surface area contributed by atoms with E-state index in [0.717, 1.165) is 11.3 Å². The second kappa shape index (κ2) is 5.03. The van der Waals surface area contributed by atoms with Crippen LogP contribution in [0.25, 0.3) is 0 Å². The maximum atomic E-state index is 11.7. The Balaban J connectivity index is 2.02. The fraction of sp³-hybridized carbons (Fsp3) is 0.429. The van der Waals surface area contributed by atoms with Crippen molar-refractivity contribution in [1.29, 1.82) is 0 Å². The lowest BCUT2D eigenvalue weighted by molar-refractivity contribution is -0.120. The quantitative estimate of drug-likeness (QED) is 0.621. The third-order valence-electron chi connectivity index (χ3n) is 2.85. The highest BCUT2D eigenvalue weighted by atomic mass is 16.2. The molecule has 1 aromatic rings. The number of benzene rings is 1. The third-order valence-corrected chi connectivity index (χ3v) is 2.85. The summed E-state index contributed by atoms with van der Waals surface area (Å²) in [7, 11) is 0. The molecule has 0 radical (unpaired) electrons. The molecule has 1 aliphatic heterocycles. The highest BCUT2D eigenvalue weighted by molar-refractivity contribution is 6.01. The van der Waals surface area contributed by atoms with Gasteiger partial charge in [-0.2, -0.15) is 0 Å². The van der Waals surface area contributed by atoms with Crippen LogP contribution in [-0.2, 0) is 16.0 Å². The van der Waals surface area contributed by atoms with Crippen LogP contribution >= 0.6 is 0 Å². The van der Waals surface area contributed by atoms with Gasteiger partial charge in [-0.05, 0) is 38.5 Å². The van der Waals surface area contributed by atoms with Crippen LogP contribution in [0, 0.1) is 0 Å². The summed E-state index contributed by atoms with van der Waals surface area (Å²) in [6.45, 7) is 5.90. The number of fused-ring (bicyclic) bond motifs is 1. The molecule has 0 bridgehead atoms. The maximum Gasteiger partial charge on any atom is 0.239 e. The van der Waals surface area contributed by atoms with Gasteiger partial charge in [-0.25, -0.2) is 0 Å². The molecule has 2 amide bonds. The predicted octanol–water partition coefficient (Wildman–Crippen LogP) is 1.09. The van der Waals surface area contributed by atoms with Gasteiger partial charge in [0.05, 0.1) is 24.3 Å². The number of hydrogen-bond acceptors (Lipinski definition) is 4. The summed E-state index contributed by atoms with van der Waals surface area (Å²) in [5, 5.41) is 8.60. The van der Waals surface area contributed by atoms with Crippen LogP contribution in [0.5, 0.6) is 0 Å². The van der Waals surface area contributed by atoms with E-state index in [-0.39, 0.29) is 23.9 Å². The molecule has 6 nitrogen and oxygen atoms in total. The number of rotatable bonds is 3. The molecule has 0 aromatic heterocycles. The van der Waals surface area contributed by atoms with Gasteiger partial charge in [0.1, 0.15) is 0 Å². The minimum Gasteiger partial charge on any atom is -0.397 e. The SMILES string of the molecule is CC(C)(C)NC(=O)CNc1cc2c(cc1N)CC(=O)N2. The molecule has 0 unspecified atom stereocenters. The summed E-state index contributed by atoms with van der Waals surface area (Å²) >= 11 is 0. The summed E-state index contributed by atoms with van der Waals surface area (Å²) in [5.41, 5.74) is 8.47. The van der Waals surface area contributed by atoms with Crippen molar-refractivity contribution < 1.29 is 9.59 Å². The molecule has 0 saturated heterocycles.